The smallest absolute Gasteiger partial charge is 0.252 e. The first kappa shape index (κ1) is 20.7. The molecule has 1 N–H and O–H groups in total. The van der Waals surface area contributed by atoms with Crippen molar-refractivity contribution in [1.82, 2.24) is 15.3 Å². The van der Waals surface area contributed by atoms with Gasteiger partial charge in [0, 0.05) is 22.7 Å². The Bertz CT molecular complexity index is 992. The minimum absolute atomic E-state index is 0.163. The molecule has 0 unspecified atom stereocenters. The number of ketones is 1. The first-order chi connectivity index (χ1) is 13.9. The molecule has 0 fully saturated rings. The Morgan fingerprint density at radius 3 is 2.07 bits per heavy atom. The number of aryl methyl sites for hydroxylation is 1. The van der Waals surface area contributed by atoms with E-state index in [1.54, 1.807) is 48.5 Å². The zero-order valence-corrected chi connectivity index (χ0v) is 17.4. The average molecular weight is 406 g/mol. The van der Waals surface area contributed by atoms with E-state index in [1.165, 1.54) is 11.8 Å². The van der Waals surface area contributed by atoms with Crippen molar-refractivity contribution in [2.24, 2.45) is 0 Å². The summed E-state index contributed by atoms with van der Waals surface area (Å²) >= 11 is 1.23. The highest BCUT2D eigenvalue weighted by molar-refractivity contribution is 8.00. The second kappa shape index (κ2) is 9.47. The van der Waals surface area contributed by atoms with E-state index < -0.39 is 5.37 Å². The predicted molar refractivity (Wildman–Crippen MR) is 115 cm³/mol. The van der Waals surface area contributed by atoms with Crippen LogP contribution in [0.4, 0.5) is 0 Å². The highest BCUT2D eigenvalue weighted by Gasteiger charge is 2.25. The van der Waals surface area contributed by atoms with Gasteiger partial charge in [-0.1, -0.05) is 74.1 Å². The van der Waals surface area contributed by atoms with Gasteiger partial charge in [-0.05, 0) is 25.1 Å². The molecule has 0 aliphatic heterocycles. The van der Waals surface area contributed by atoms with Crippen LogP contribution in [0.15, 0.2) is 71.8 Å². The third-order valence-corrected chi connectivity index (χ3v) is 5.22. The van der Waals surface area contributed by atoms with E-state index in [4.69, 9.17) is 0 Å². The number of carbonyl (C=O) groups is 2. The van der Waals surface area contributed by atoms with Crippen LogP contribution in [0.1, 0.15) is 52.0 Å². The van der Waals surface area contributed by atoms with Crippen molar-refractivity contribution in [3.05, 3.63) is 89.4 Å². The van der Waals surface area contributed by atoms with Crippen LogP contribution in [-0.4, -0.2) is 27.0 Å². The molecular weight excluding hydrogens is 382 g/mol. The van der Waals surface area contributed by atoms with Crippen LogP contribution in [0.25, 0.3) is 0 Å². The molecule has 1 heterocycles. The van der Waals surface area contributed by atoms with E-state index in [1.807, 2.05) is 39.0 Å². The molecule has 5 nitrogen and oxygen atoms in total. The van der Waals surface area contributed by atoms with E-state index in [9.17, 15) is 9.59 Å². The van der Waals surface area contributed by atoms with Gasteiger partial charge in [0.25, 0.3) is 5.91 Å². The van der Waals surface area contributed by atoms with Crippen molar-refractivity contribution >= 4 is 23.5 Å². The molecule has 0 radical (unpaired) electrons. The number of benzene rings is 2. The Balaban J connectivity index is 1.90. The second-order valence-corrected chi connectivity index (χ2v) is 8.05. The zero-order valence-electron chi connectivity index (χ0n) is 16.6. The number of aromatic nitrogens is 2. The maximum atomic E-state index is 13.1. The van der Waals surface area contributed by atoms with Gasteiger partial charge in [0.05, 0.1) is 0 Å². The number of rotatable bonds is 7. The fourth-order valence-corrected chi connectivity index (χ4v) is 3.73. The first-order valence-electron chi connectivity index (χ1n) is 9.41. The highest BCUT2D eigenvalue weighted by Crippen LogP contribution is 2.25. The van der Waals surface area contributed by atoms with E-state index in [2.05, 4.69) is 15.3 Å². The number of carbonyl (C=O) groups excluding carboxylic acids is 2. The van der Waals surface area contributed by atoms with Gasteiger partial charge < -0.3 is 5.32 Å². The van der Waals surface area contributed by atoms with Gasteiger partial charge in [-0.2, -0.15) is 0 Å². The van der Waals surface area contributed by atoms with Crippen LogP contribution in [0.3, 0.4) is 0 Å². The monoisotopic (exact) mass is 405 g/mol. The quantitative estimate of drug-likeness (QED) is 0.268. The molecule has 148 valence electrons. The third-order valence-electron chi connectivity index (χ3n) is 4.20. The second-order valence-electron chi connectivity index (χ2n) is 6.93. The van der Waals surface area contributed by atoms with Crippen LogP contribution < -0.4 is 5.32 Å². The Morgan fingerprint density at radius 1 is 0.897 bits per heavy atom. The topological polar surface area (TPSA) is 72.0 Å². The normalized spacial score (nSPS) is 11.9. The van der Waals surface area contributed by atoms with Crippen molar-refractivity contribution in [3.8, 4) is 0 Å². The first-order valence-corrected chi connectivity index (χ1v) is 10.3. The minimum Gasteiger partial charge on any atom is -0.333 e. The molecule has 3 aromatic rings. The van der Waals surface area contributed by atoms with E-state index in [0.717, 1.165) is 5.69 Å². The van der Waals surface area contributed by atoms with Crippen LogP contribution in [0.2, 0.25) is 0 Å². The molecule has 3 rings (SSSR count). The van der Waals surface area contributed by atoms with Crippen LogP contribution in [-0.2, 0) is 0 Å². The maximum absolute atomic E-state index is 13.1. The van der Waals surface area contributed by atoms with Gasteiger partial charge in [-0.25, -0.2) is 9.97 Å². The Kier molecular flexibility index (Phi) is 6.77. The number of nitrogens with zero attached hydrogens (tertiary/aromatic N) is 2. The lowest BCUT2D eigenvalue weighted by atomic mass is 10.1. The van der Waals surface area contributed by atoms with Gasteiger partial charge in [0.2, 0.25) is 0 Å². The predicted octanol–water partition coefficient (Wildman–Crippen LogP) is 4.64. The summed E-state index contributed by atoms with van der Waals surface area (Å²) in [4.78, 5) is 34.9. The molecule has 29 heavy (non-hydrogen) atoms. The van der Waals surface area contributed by atoms with Crippen LogP contribution in [0, 0.1) is 6.92 Å². The van der Waals surface area contributed by atoms with Crippen molar-refractivity contribution in [1.29, 1.82) is 0 Å². The molecule has 0 aliphatic rings. The fraction of sp³-hybridized carbons (Fsp3) is 0.217. The van der Waals surface area contributed by atoms with E-state index in [-0.39, 0.29) is 17.6 Å². The lowest BCUT2D eigenvalue weighted by Crippen LogP contribution is -2.38. The summed E-state index contributed by atoms with van der Waals surface area (Å²) in [7, 11) is 0. The lowest BCUT2D eigenvalue weighted by molar-refractivity contribution is 0.0892. The summed E-state index contributed by atoms with van der Waals surface area (Å²) in [5.74, 6) is 0.397. The summed E-state index contributed by atoms with van der Waals surface area (Å²) < 4.78 is 0. The van der Waals surface area contributed by atoms with E-state index in [0.29, 0.717) is 22.0 Å². The lowest BCUT2D eigenvalue weighted by Gasteiger charge is -2.18. The largest absolute Gasteiger partial charge is 0.333 e. The van der Waals surface area contributed by atoms with Gasteiger partial charge in [-0.15, -0.1) is 0 Å². The Morgan fingerprint density at radius 2 is 1.48 bits per heavy atom. The minimum atomic E-state index is -0.806. The molecule has 0 saturated heterocycles. The number of hydrogen-bond acceptors (Lipinski definition) is 5. The summed E-state index contributed by atoms with van der Waals surface area (Å²) in [5, 5.41) is 2.71. The Hall–Kier alpha value is -2.99. The summed E-state index contributed by atoms with van der Waals surface area (Å²) in [6.45, 7) is 5.94. The molecule has 2 aromatic carbocycles. The highest BCUT2D eigenvalue weighted by atomic mass is 32.2. The van der Waals surface area contributed by atoms with Gasteiger partial charge in [0.15, 0.2) is 5.78 Å². The summed E-state index contributed by atoms with van der Waals surface area (Å²) in [5.41, 5.74) is 1.86. The number of hydrogen-bond donors (Lipinski definition) is 1. The third kappa shape index (κ3) is 5.51. The van der Waals surface area contributed by atoms with Crippen molar-refractivity contribution in [2.75, 3.05) is 0 Å². The molecule has 0 spiro atoms. The molecular formula is C23H23N3O2S. The number of Topliss-reactive ketones (excluding diaryl/α,β-unsaturated/α-hetero) is 1. The standard InChI is InChI=1S/C23H23N3O2S/c1-15(2)21-24-16(3)14-19(25-21)29-23(20(27)17-10-6-4-7-11-17)26-22(28)18-12-8-5-9-13-18/h4-15,23H,1-3H3,(H,26,28)/t23-/m1/s1. The maximum Gasteiger partial charge on any atom is 0.252 e. The van der Waals surface area contributed by atoms with Crippen molar-refractivity contribution < 1.29 is 9.59 Å². The molecule has 0 aliphatic carbocycles. The summed E-state index contributed by atoms with van der Waals surface area (Å²) in [6, 6.07) is 19.6. The fourth-order valence-electron chi connectivity index (χ4n) is 2.70. The number of thioether (sulfide) groups is 1. The molecule has 0 saturated carbocycles. The van der Waals surface area contributed by atoms with Gasteiger partial charge in [0.1, 0.15) is 16.2 Å². The average Bonchev–Trinajstić information content (AvgIpc) is 2.73. The summed E-state index contributed by atoms with van der Waals surface area (Å²) in [6.07, 6.45) is 0. The van der Waals surface area contributed by atoms with Crippen LogP contribution in [0.5, 0.6) is 0 Å². The van der Waals surface area contributed by atoms with E-state index >= 15 is 0 Å². The molecule has 0 bridgehead atoms. The van der Waals surface area contributed by atoms with Crippen molar-refractivity contribution in [2.45, 2.75) is 37.1 Å². The SMILES string of the molecule is Cc1cc(S[C@@H](NC(=O)c2ccccc2)C(=O)c2ccccc2)nc(C(C)C)n1. The molecule has 1 atom stereocenters. The van der Waals surface area contributed by atoms with Gasteiger partial charge in [-0.3, -0.25) is 9.59 Å². The number of nitrogens with one attached hydrogen (secondary N) is 1. The number of amides is 1. The van der Waals surface area contributed by atoms with Crippen molar-refractivity contribution in [3.63, 3.8) is 0 Å². The molecule has 1 aromatic heterocycles. The molecule has 1 amide bonds. The van der Waals surface area contributed by atoms with Gasteiger partial charge >= 0.3 is 0 Å². The zero-order chi connectivity index (χ0) is 20.8. The van der Waals surface area contributed by atoms with Crippen LogP contribution >= 0.6 is 11.8 Å². The Labute approximate surface area is 175 Å². The molecule has 6 heteroatoms.